The first kappa shape index (κ1) is 25.9. The number of fused-ring (bicyclic) bond motifs is 1. The predicted octanol–water partition coefficient (Wildman–Crippen LogP) is 4.29. The Balaban J connectivity index is 1.29. The molecule has 2 aliphatic heterocycles. The molecule has 0 radical (unpaired) electrons. The van der Waals surface area contributed by atoms with Crippen LogP contribution in [0.3, 0.4) is 0 Å². The molecule has 2 saturated heterocycles. The van der Waals surface area contributed by atoms with Gasteiger partial charge in [-0.15, -0.1) is 5.10 Å². The van der Waals surface area contributed by atoms with Crippen LogP contribution in [0.4, 0.5) is 19.4 Å². The van der Waals surface area contributed by atoms with E-state index in [9.17, 15) is 18.4 Å². The lowest BCUT2D eigenvalue weighted by Gasteiger charge is -2.33. The fourth-order valence-corrected chi connectivity index (χ4v) is 5.03. The summed E-state index contributed by atoms with van der Waals surface area (Å²) in [6.07, 6.45) is 1.45. The van der Waals surface area contributed by atoms with E-state index in [4.69, 9.17) is 4.74 Å². The van der Waals surface area contributed by atoms with Gasteiger partial charge in [-0.2, -0.15) is 0 Å². The number of carbonyl (C=O) groups excluding carboxylic acids is 2. The molecular weight excluding hydrogens is 494 g/mol. The Kier molecular flexibility index (Phi) is 6.93. The smallest absolute Gasteiger partial charge is 0.410 e. The molecule has 38 heavy (non-hydrogen) atoms. The van der Waals surface area contributed by atoms with Gasteiger partial charge in [0, 0.05) is 25.6 Å². The number of ether oxygens (including phenoxy) is 1. The van der Waals surface area contributed by atoms with E-state index in [1.807, 2.05) is 20.8 Å². The van der Waals surface area contributed by atoms with Gasteiger partial charge in [-0.3, -0.25) is 4.79 Å². The van der Waals surface area contributed by atoms with Crippen LogP contribution < -0.4 is 10.2 Å². The first-order chi connectivity index (χ1) is 18.1. The second-order valence-electron chi connectivity index (χ2n) is 10.9. The van der Waals surface area contributed by atoms with Gasteiger partial charge in [-0.05, 0) is 63.4 Å². The molecule has 11 heteroatoms. The number of halogens is 2. The Bertz CT molecular complexity index is 1330. The molecule has 2 aromatic heterocycles. The molecule has 2 atom stereocenters. The number of amides is 2. The Morgan fingerprint density at radius 2 is 1.89 bits per heavy atom. The number of likely N-dealkylation sites (tertiary alicyclic amines) is 1. The third-order valence-electron chi connectivity index (χ3n) is 6.84. The second-order valence-corrected chi connectivity index (χ2v) is 10.9. The summed E-state index contributed by atoms with van der Waals surface area (Å²) in [7, 11) is 0. The van der Waals surface area contributed by atoms with Crippen LogP contribution in [0.15, 0.2) is 42.6 Å². The van der Waals surface area contributed by atoms with Crippen LogP contribution in [0.25, 0.3) is 5.65 Å². The number of nitrogens with zero attached hydrogens (tertiary/aromatic N) is 5. The third kappa shape index (κ3) is 5.56. The first-order valence-corrected chi connectivity index (χ1v) is 12.9. The van der Waals surface area contributed by atoms with Gasteiger partial charge in [0.1, 0.15) is 23.4 Å². The highest BCUT2D eigenvalue weighted by molar-refractivity contribution is 5.93. The molecule has 1 N–H and O–H groups in total. The lowest BCUT2D eigenvalue weighted by molar-refractivity contribution is 0.0199. The zero-order valence-corrected chi connectivity index (χ0v) is 21.7. The molecule has 2 aliphatic rings. The van der Waals surface area contributed by atoms with Crippen LogP contribution in [0, 0.1) is 5.82 Å². The van der Waals surface area contributed by atoms with E-state index in [-0.39, 0.29) is 48.6 Å². The van der Waals surface area contributed by atoms with Gasteiger partial charge in [0.05, 0.1) is 18.8 Å². The summed E-state index contributed by atoms with van der Waals surface area (Å²) < 4.78 is 35.3. The third-order valence-corrected chi connectivity index (χ3v) is 6.84. The van der Waals surface area contributed by atoms with Gasteiger partial charge in [-0.1, -0.05) is 12.1 Å². The van der Waals surface area contributed by atoms with Crippen molar-refractivity contribution in [3.8, 4) is 0 Å². The van der Waals surface area contributed by atoms with Crippen LogP contribution in [-0.4, -0.2) is 68.9 Å². The van der Waals surface area contributed by atoms with Crippen LogP contribution in [-0.2, 0) is 4.74 Å². The number of nitrogens with one attached hydrogen (secondary N) is 1. The number of rotatable bonds is 4. The van der Waals surface area contributed by atoms with Crippen LogP contribution in [0.1, 0.15) is 62.1 Å². The van der Waals surface area contributed by atoms with Crippen LogP contribution >= 0.6 is 0 Å². The summed E-state index contributed by atoms with van der Waals surface area (Å²) in [6.45, 7) is 6.57. The Morgan fingerprint density at radius 3 is 2.61 bits per heavy atom. The van der Waals surface area contributed by atoms with Crippen molar-refractivity contribution in [1.82, 2.24) is 24.8 Å². The molecule has 0 bridgehead atoms. The van der Waals surface area contributed by atoms with Crippen molar-refractivity contribution in [2.75, 3.05) is 24.5 Å². The standard InChI is InChI=1S/C27H32F2N6O3/c1-27(2,3)38-26(37)33-11-9-20(10-12-33)31-25(36)22-15-30-23-7-8-24(32-35(22)23)34-16-19(29)14-21(34)17-5-4-6-18(28)13-17/h4-8,13,15,19-21H,9-12,14,16H2,1-3H3,(H,31,36)/t19-,21+/m0/s1. The fourth-order valence-electron chi connectivity index (χ4n) is 5.03. The molecule has 9 nitrogen and oxygen atoms in total. The first-order valence-electron chi connectivity index (χ1n) is 12.9. The van der Waals surface area contributed by atoms with Crippen LogP contribution in [0.5, 0.6) is 0 Å². The Hall–Kier alpha value is -3.76. The number of hydrogen-bond donors (Lipinski definition) is 1. The fraction of sp³-hybridized carbons (Fsp3) is 0.481. The van der Waals surface area contributed by atoms with E-state index in [0.29, 0.717) is 43.0 Å². The highest BCUT2D eigenvalue weighted by Crippen LogP contribution is 2.36. The summed E-state index contributed by atoms with van der Waals surface area (Å²) in [5.74, 6) is -0.229. The Labute approximate surface area is 219 Å². The van der Waals surface area contributed by atoms with Crippen molar-refractivity contribution in [2.45, 2.75) is 63.9 Å². The van der Waals surface area contributed by atoms with Gasteiger partial charge in [0.2, 0.25) is 0 Å². The molecule has 3 aromatic rings. The zero-order valence-electron chi connectivity index (χ0n) is 21.7. The average Bonchev–Trinajstić information content (AvgIpc) is 3.46. The van der Waals surface area contributed by atoms with E-state index in [2.05, 4.69) is 15.4 Å². The summed E-state index contributed by atoms with van der Waals surface area (Å²) in [5, 5.41) is 7.65. The number of benzene rings is 1. The van der Waals surface area contributed by atoms with Gasteiger partial charge in [0.15, 0.2) is 11.3 Å². The molecule has 0 unspecified atom stereocenters. The topological polar surface area (TPSA) is 92.1 Å². The quantitative estimate of drug-likeness (QED) is 0.546. The summed E-state index contributed by atoms with van der Waals surface area (Å²) in [4.78, 5) is 33.2. The molecule has 2 fully saturated rings. The highest BCUT2D eigenvalue weighted by atomic mass is 19.1. The monoisotopic (exact) mass is 526 g/mol. The van der Waals surface area contributed by atoms with Gasteiger partial charge >= 0.3 is 6.09 Å². The van der Waals surface area contributed by atoms with E-state index >= 15 is 0 Å². The normalized spacial score (nSPS) is 20.7. The SMILES string of the molecule is CC(C)(C)OC(=O)N1CCC(NC(=O)c2cnc3ccc(N4C[C@@H](F)C[C@@H]4c4cccc(F)c4)nn23)CC1. The maximum atomic E-state index is 14.5. The van der Waals surface area contributed by atoms with E-state index in [1.165, 1.54) is 22.8 Å². The minimum absolute atomic E-state index is 0.113. The lowest BCUT2D eigenvalue weighted by atomic mass is 10.0. The Morgan fingerprint density at radius 1 is 1.13 bits per heavy atom. The molecule has 4 heterocycles. The molecule has 2 amide bonds. The molecule has 5 rings (SSSR count). The number of imidazole rings is 1. The molecule has 0 aliphatic carbocycles. The number of alkyl halides is 1. The minimum atomic E-state index is -1.09. The summed E-state index contributed by atoms with van der Waals surface area (Å²) >= 11 is 0. The van der Waals surface area contributed by atoms with E-state index in [1.54, 1.807) is 34.1 Å². The molecular formula is C27H32F2N6O3. The van der Waals surface area contributed by atoms with Crippen molar-refractivity contribution in [3.05, 3.63) is 59.7 Å². The molecule has 202 valence electrons. The number of aromatic nitrogens is 3. The van der Waals surface area contributed by atoms with Crippen molar-refractivity contribution in [3.63, 3.8) is 0 Å². The minimum Gasteiger partial charge on any atom is -0.444 e. The predicted molar refractivity (Wildman–Crippen MR) is 137 cm³/mol. The molecule has 1 aromatic carbocycles. The van der Waals surface area contributed by atoms with E-state index < -0.39 is 11.8 Å². The lowest BCUT2D eigenvalue weighted by Crippen LogP contribution is -2.48. The summed E-state index contributed by atoms with van der Waals surface area (Å²) in [6, 6.07) is 9.15. The van der Waals surface area contributed by atoms with Gasteiger partial charge < -0.3 is 19.9 Å². The maximum absolute atomic E-state index is 14.5. The van der Waals surface area contributed by atoms with Crippen molar-refractivity contribution < 1.29 is 23.1 Å². The van der Waals surface area contributed by atoms with Gasteiger partial charge in [-0.25, -0.2) is 23.1 Å². The summed E-state index contributed by atoms with van der Waals surface area (Å²) in [5.41, 5.74) is 0.856. The van der Waals surface area contributed by atoms with E-state index in [0.717, 1.165) is 0 Å². The second kappa shape index (κ2) is 10.2. The van der Waals surface area contributed by atoms with Crippen molar-refractivity contribution >= 4 is 23.5 Å². The number of anilines is 1. The number of piperidine rings is 1. The van der Waals surface area contributed by atoms with Gasteiger partial charge in [0.25, 0.3) is 5.91 Å². The zero-order chi connectivity index (χ0) is 27.0. The maximum Gasteiger partial charge on any atom is 0.410 e. The largest absolute Gasteiger partial charge is 0.444 e. The van der Waals surface area contributed by atoms with Crippen molar-refractivity contribution in [1.29, 1.82) is 0 Å². The molecule has 0 spiro atoms. The number of hydrogen-bond acceptors (Lipinski definition) is 6. The number of carbonyl (C=O) groups is 2. The highest BCUT2D eigenvalue weighted by Gasteiger charge is 2.35. The average molecular weight is 527 g/mol. The molecule has 0 saturated carbocycles. The van der Waals surface area contributed by atoms with Crippen molar-refractivity contribution in [2.24, 2.45) is 0 Å². The van der Waals surface area contributed by atoms with Crippen LogP contribution in [0.2, 0.25) is 0 Å².